The van der Waals surface area contributed by atoms with Gasteiger partial charge in [-0.15, -0.1) is 0 Å². The molecule has 1 aliphatic rings. The van der Waals surface area contributed by atoms with Gasteiger partial charge in [0.05, 0.1) is 5.60 Å². The topological polar surface area (TPSA) is 35.2 Å². The largest absolute Gasteiger partial charge is 0.374 e. The molecule has 0 radical (unpaired) electrons. The van der Waals surface area contributed by atoms with E-state index in [4.69, 9.17) is 10.5 Å². The highest BCUT2D eigenvalue weighted by molar-refractivity contribution is 4.92. The molecule has 1 fully saturated rings. The standard InChI is InChI=1S/C13H27NO/c1-3-9-12(14)13(15-4-2)10-7-5-6-8-11-13/h12H,3-11,14H2,1-2H3. The summed E-state index contributed by atoms with van der Waals surface area (Å²) in [5.74, 6) is 0. The highest BCUT2D eigenvalue weighted by Gasteiger charge is 2.36. The van der Waals surface area contributed by atoms with Gasteiger partial charge in [-0.05, 0) is 26.2 Å². The van der Waals surface area contributed by atoms with E-state index in [0.29, 0.717) is 0 Å². The summed E-state index contributed by atoms with van der Waals surface area (Å²) >= 11 is 0. The number of hydrogen-bond acceptors (Lipinski definition) is 2. The van der Waals surface area contributed by atoms with Crippen molar-refractivity contribution in [2.45, 2.75) is 76.9 Å². The van der Waals surface area contributed by atoms with Crippen LogP contribution in [0.25, 0.3) is 0 Å². The summed E-state index contributed by atoms with van der Waals surface area (Å²) in [5.41, 5.74) is 6.33. The number of nitrogens with two attached hydrogens (primary N) is 1. The third-order valence-corrected chi connectivity index (χ3v) is 3.66. The molecule has 0 amide bonds. The Balaban J connectivity index is 2.65. The summed E-state index contributed by atoms with van der Waals surface area (Å²) < 4.78 is 6.04. The van der Waals surface area contributed by atoms with E-state index in [1.54, 1.807) is 0 Å². The average molecular weight is 213 g/mol. The fourth-order valence-electron chi connectivity index (χ4n) is 2.81. The maximum atomic E-state index is 6.32. The highest BCUT2D eigenvalue weighted by Crippen LogP contribution is 2.34. The molecule has 2 heteroatoms. The Labute approximate surface area is 94.6 Å². The summed E-state index contributed by atoms with van der Waals surface area (Å²) in [6, 6.07) is 0.237. The minimum absolute atomic E-state index is 0.00125. The monoisotopic (exact) mass is 213 g/mol. The normalized spacial score (nSPS) is 23.4. The quantitative estimate of drug-likeness (QED) is 0.712. The molecule has 1 unspecified atom stereocenters. The van der Waals surface area contributed by atoms with Gasteiger partial charge in [-0.3, -0.25) is 0 Å². The summed E-state index contributed by atoms with van der Waals surface area (Å²) in [4.78, 5) is 0. The van der Waals surface area contributed by atoms with Gasteiger partial charge in [0, 0.05) is 12.6 Å². The van der Waals surface area contributed by atoms with Crippen molar-refractivity contribution in [2.75, 3.05) is 6.61 Å². The molecule has 0 aromatic carbocycles. The van der Waals surface area contributed by atoms with Gasteiger partial charge in [0.2, 0.25) is 0 Å². The van der Waals surface area contributed by atoms with Crippen LogP contribution in [0.1, 0.15) is 65.2 Å². The minimum Gasteiger partial charge on any atom is -0.374 e. The van der Waals surface area contributed by atoms with Gasteiger partial charge >= 0.3 is 0 Å². The van der Waals surface area contributed by atoms with E-state index in [-0.39, 0.29) is 11.6 Å². The molecule has 0 aliphatic heterocycles. The fourth-order valence-corrected chi connectivity index (χ4v) is 2.81. The molecule has 15 heavy (non-hydrogen) atoms. The minimum atomic E-state index is 0.00125. The van der Waals surface area contributed by atoms with Crippen molar-refractivity contribution in [2.24, 2.45) is 5.73 Å². The van der Waals surface area contributed by atoms with E-state index < -0.39 is 0 Å². The lowest BCUT2D eigenvalue weighted by atomic mass is 9.84. The van der Waals surface area contributed by atoms with Gasteiger partial charge in [-0.2, -0.15) is 0 Å². The van der Waals surface area contributed by atoms with Crippen molar-refractivity contribution in [3.63, 3.8) is 0 Å². The van der Waals surface area contributed by atoms with Crippen LogP contribution in [0.4, 0.5) is 0 Å². The Morgan fingerprint density at radius 3 is 2.20 bits per heavy atom. The molecule has 1 aliphatic carbocycles. The molecule has 0 spiro atoms. The summed E-state index contributed by atoms with van der Waals surface area (Å²) in [6.07, 6.45) is 9.89. The van der Waals surface area contributed by atoms with Gasteiger partial charge in [0.15, 0.2) is 0 Å². The second kappa shape index (κ2) is 6.49. The molecule has 0 bridgehead atoms. The summed E-state index contributed by atoms with van der Waals surface area (Å²) in [5, 5.41) is 0. The van der Waals surface area contributed by atoms with E-state index in [1.165, 1.54) is 38.5 Å². The van der Waals surface area contributed by atoms with Crippen LogP contribution < -0.4 is 5.73 Å². The lowest BCUT2D eigenvalue weighted by molar-refractivity contribution is -0.0701. The lowest BCUT2D eigenvalue weighted by Gasteiger charge is -2.38. The SMILES string of the molecule is CCCC(N)C1(OCC)CCCCCC1. The molecule has 2 N–H and O–H groups in total. The van der Waals surface area contributed by atoms with E-state index in [9.17, 15) is 0 Å². The number of hydrogen-bond donors (Lipinski definition) is 1. The van der Waals surface area contributed by atoms with Crippen LogP contribution in [0.15, 0.2) is 0 Å². The molecule has 0 saturated heterocycles. The summed E-state index contributed by atoms with van der Waals surface area (Å²) in [7, 11) is 0. The molecule has 0 aromatic rings. The maximum absolute atomic E-state index is 6.32. The van der Waals surface area contributed by atoms with Crippen LogP contribution >= 0.6 is 0 Å². The highest BCUT2D eigenvalue weighted by atomic mass is 16.5. The average Bonchev–Trinajstić information content (AvgIpc) is 2.45. The van der Waals surface area contributed by atoms with Crippen LogP contribution in [0, 0.1) is 0 Å². The Kier molecular flexibility index (Phi) is 5.62. The van der Waals surface area contributed by atoms with E-state index in [2.05, 4.69) is 13.8 Å². The second-order valence-electron chi connectivity index (χ2n) is 4.81. The van der Waals surface area contributed by atoms with Gasteiger partial charge in [-0.1, -0.05) is 39.0 Å². The van der Waals surface area contributed by atoms with Crippen LogP contribution in [0.5, 0.6) is 0 Å². The predicted molar refractivity (Wildman–Crippen MR) is 64.9 cm³/mol. The number of rotatable bonds is 5. The first-order valence-electron chi connectivity index (χ1n) is 6.64. The van der Waals surface area contributed by atoms with Crippen molar-refractivity contribution < 1.29 is 4.74 Å². The Morgan fingerprint density at radius 2 is 1.73 bits per heavy atom. The zero-order valence-electron chi connectivity index (χ0n) is 10.4. The van der Waals surface area contributed by atoms with Gasteiger partial charge in [0.25, 0.3) is 0 Å². The maximum Gasteiger partial charge on any atom is 0.0832 e. The lowest BCUT2D eigenvalue weighted by Crippen LogP contribution is -2.49. The Hall–Kier alpha value is -0.0800. The molecule has 1 saturated carbocycles. The van der Waals surface area contributed by atoms with Crippen molar-refractivity contribution >= 4 is 0 Å². The Morgan fingerprint density at radius 1 is 1.13 bits per heavy atom. The zero-order valence-corrected chi connectivity index (χ0v) is 10.4. The van der Waals surface area contributed by atoms with E-state index >= 15 is 0 Å². The molecule has 1 atom stereocenters. The van der Waals surface area contributed by atoms with Crippen LogP contribution in [-0.2, 0) is 4.74 Å². The predicted octanol–water partition coefficient (Wildman–Crippen LogP) is 3.24. The molecule has 2 nitrogen and oxygen atoms in total. The third-order valence-electron chi connectivity index (χ3n) is 3.66. The first-order valence-corrected chi connectivity index (χ1v) is 6.64. The smallest absolute Gasteiger partial charge is 0.0832 e. The fraction of sp³-hybridized carbons (Fsp3) is 1.00. The molecule has 1 rings (SSSR count). The van der Waals surface area contributed by atoms with Crippen molar-refractivity contribution in [3.8, 4) is 0 Å². The molecule has 0 heterocycles. The molecule has 0 aromatic heterocycles. The zero-order chi connectivity index (χ0) is 11.1. The van der Waals surface area contributed by atoms with Crippen LogP contribution in [0.3, 0.4) is 0 Å². The first kappa shape index (κ1) is 13.0. The first-order chi connectivity index (χ1) is 7.25. The van der Waals surface area contributed by atoms with Crippen LogP contribution in [-0.4, -0.2) is 18.2 Å². The molecular weight excluding hydrogens is 186 g/mol. The van der Waals surface area contributed by atoms with Gasteiger partial charge in [-0.25, -0.2) is 0 Å². The van der Waals surface area contributed by atoms with Crippen LogP contribution in [0.2, 0.25) is 0 Å². The molecule has 90 valence electrons. The van der Waals surface area contributed by atoms with Crippen molar-refractivity contribution in [1.29, 1.82) is 0 Å². The molecular formula is C13H27NO. The second-order valence-corrected chi connectivity index (χ2v) is 4.81. The van der Waals surface area contributed by atoms with Crippen molar-refractivity contribution in [1.82, 2.24) is 0 Å². The van der Waals surface area contributed by atoms with Gasteiger partial charge in [0.1, 0.15) is 0 Å². The van der Waals surface area contributed by atoms with E-state index in [1.807, 2.05) is 0 Å². The van der Waals surface area contributed by atoms with Gasteiger partial charge < -0.3 is 10.5 Å². The summed E-state index contributed by atoms with van der Waals surface area (Å²) in [6.45, 7) is 5.10. The Bertz CT molecular complexity index is 162. The van der Waals surface area contributed by atoms with E-state index in [0.717, 1.165) is 19.4 Å². The number of ether oxygens (including phenoxy) is 1. The van der Waals surface area contributed by atoms with Crippen molar-refractivity contribution in [3.05, 3.63) is 0 Å². The third kappa shape index (κ3) is 3.46.